The molecule has 1 aromatic heterocycles. The van der Waals surface area contributed by atoms with Gasteiger partial charge in [0.05, 0.1) is 12.9 Å². The van der Waals surface area contributed by atoms with Crippen LogP contribution in [0.25, 0.3) is 0 Å². The second kappa shape index (κ2) is 7.18. The normalized spacial score (nSPS) is 25.0. The van der Waals surface area contributed by atoms with E-state index in [2.05, 4.69) is 9.88 Å². The lowest BCUT2D eigenvalue weighted by Gasteiger charge is -2.35. The van der Waals surface area contributed by atoms with Gasteiger partial charge in [-0.15, -0.1) is 0 Å². The van der Waals surface area contributed by atoms with Crippen LogP contribution in [0.3, 0.4) is 0 Å². The monoisotopic (exact) mass is 291 g/mol. The van der Waals surface area contributed by atoms with E-state index in [9.17, 15) is 4.79 Å². The summed E-state index contributed by atoms with van der Waals surface area (Å²) in [5.41, 5.74) is 0.0618. The van der Waals surface area contributed by atoms with E-state index in [1.807, 2.05) is 0 Å². The van der Waals surface area contributed by atoms with Crippen LogP contribution in [-0.4, -0.2) is 47.3 Å². The summed E-state index contributed by atoms with van der Waals surface area (Å²) in [5, 5.41) is 0. The second-order valence-electron chi connectivity index (χ2n) is 6.40. The molecule has 0 aliphatic carbocycles. The van der Waals surface area contributed by atoms with E-state index in [0.717, 1.165) is 38.8 Å². The van der Waals surface area contributed by atoms with E-state index in [0.29, 0.717) is 5.92 Å². The number of rotatable bonds is 4. The third-order valence-corrected chi connectivity index (χ3v) is 4.73. The highest BCUT2D eigenvalue weighted by Crippen LogP contribution is 2.21. The number of piperidine rings is 1. The van der Waals surface area contributed by atoms with Gasteiger partial charge in [0.25, 0.3) is 5.56 Å². The van der Waals surface area contributed by atoms with Gasteiger partial charge >= 0.3 is 0 Å². The van der Waals surface area contributed by atoms with Gasteiger partial charge in [0.1, 0.15) is 0 Å². The Morgan fingerprint density at radius 3 is 2.76 bits per heavy atom. The standard InChI is InChI=1S/C16H25N3O2/c20-16-3-6-17-13-19(16)11-14-4-7-18(8-5-14)10-15-2-1-9-21-12-15/h3,6,13-15H,1-2,4-5,7-12H2. The van der Waals surface area contributed by atoms with E-state index >= 15 is 0 Å². The third kappa shape index (κ3) is 4.14. The van der Waals surface area contributed by atoms with Crippen molar-refractivity contribution < 1.29 is 4.74 Å². The zero-order valence-corrected chi connectivity index (χ0v) is 12.6. The molecular weight excluding hydrogens is 266 g/mol. The Morgan fingerprint density at radius 2 is 2.05 bits per heavy atom. The van der Waals surface area contributed by atoms with Gasteiger partial charge < -0.3 is 9.64 Å². The Labute approximate surface area is 125 Å². The minimum atomic E-state index is 0.0618. The van der Waals surface area contributed by atoms with Crippen LogP contribution in [0.5, 0.6) is 0 Å². The van der Waals surface area contributed by atoms with Crippen molar-refractivity contribution in [3.63, 3.8) is 0 Å². The van der Waals surface area contributed by atoms with Crippen LogP contribution in [-0.2, 0) is 11.3 Å². The quantitative estimate of drug-likeness (QED) is 0.841. The summed E-state index contributed by atoms with van der Waals surface area (Å²) in [6.07, 6.45) is 8.10. The molecule has 1 aromatic rings. The van der Waals surface area contributed by atoms with Crippen molar-refractivity contribution in [1.29, 1.82) is 0 Å². The first kappa shape index (κ1) is 14.7. The molecule has 0 radical (unpaired) electrons. The number of likely N-dealkylation sites (tertiary alicyclic amines) is 1. The molecule has 0 amide bonds. The first-order chi connectivity index (χ1) is 10.3. The number of hydrogen-bond donors (Lipinski definition) is 0. The fraction of sp³-hybridized carbons (Fsp3) is 0.750. The summed E-state index contributed by atoms with van der Waals surface area (Å²) in [6, 6.07) is 1.54. The maximum absolute atomic E-state index is 11.7. The molecule has 0 aromatic carbocycles. The summed E-state index contributed by atoms with van der Waals surface area (Å²) in [4.78, 5) is 18.3. The van der Waals surface area contributed by atoms with Crippen molar-refractivity contribution in [2.45, 2.75) is 32.2 Å². The Bertz CT molecular complexity index is 488. The molecule has 5 heteroatoms. The molecule has 2 fully saturated rings. The van der Waals surface area contributed by atoms with E-state index < -0.39 is 0 Å². The molecule has 3 rings (SSSR count). The van der Waals surface area contributed by atoms with Crippen molar-refractivity contribution >= 4 is 0 Å². The van der Waals surface area contributed by atoms with Gasteiger partial charge in [-0.3, -0.25) is 9.36 Å². The lowest BCUT2D eigenvalue weighted by molar-refractivity contribution is 0.0320. The average Bonchev–Trinajstić information content (AvgIpc) is 2.52. The molecule has 0 spiro atoms. The number of ether oxygens (including phenoxy) is 1. The van der Waals surface area contributed by atoms with E-state index in [4.69, 9.17) is 4.74 Å². The molecule has 0 N–H and O–H groups in total. The van der Waals surface area contributed by atoms with E-state index in [-0.39, 0.29) is 5.56 Å². The van der Waals surface area contributed by atoms with Crippen molar-refractivity contribution in [1.82, 2.24) is 14.5 Å². The summed E-state index contributed by atoms with van der Waals surface area (Å²) in [6.45, 7) is 6.17. The minimum Gasteiger partial charge on any atom is -0.381 e. The lowest BCUT2D eigenvalue weighted by Crippen LogP contribution is -2.40. The van der Waals surface area contributed by atoms with Gasteiger partial charge in [-0.25, -0.2) is 4.98 Å². The Hall–Kier alpha value is -1.20. The second-order valence-corrected chi connectivity index (χ2v) is 6.40. The largest absolute Gasteiger partial charge is 0.381 e. The fourth-order valence-corrected chi connectivity index (χ4v) is 3.46. The molecule has 3 heterocycles. The highest BCUT2D eigenvalue weighted by atomic mass is 16.5. The minimum absolute atomic E-state index is 0.0618. The molecule has 1 atom stereocenters. The van der Waals surface area contributed by atoms with Crippen LogP contribution in [0.15, 0.2) is 23.4 Å². The molecule has 0 saturated carbocycles. The highest BCUT2D eigenvalue weighted by molar-refractivity contribution is 4.84. The third-order valence-electron chi connectivity index (χ3n) is 4.73. The van der Waals surface area contributed by atoms with Gasteiger partial charge in [-0.2, -0.15) is 0 Å². The maximum atomic E-state index is 11.7. The van der Waals surface area contributed by atoms with Gasteiger partial charge in [0.15, 0.2) is 0 Å². The SMILES string of the molecule is O=c1ccncn1CC1CCN(CC2CCCOC2)CC1. The molecule has 1 unspecified atom stereocenters. The predicted octanol–water partition coefficient (Wildman–Crippen LogP) is 1.38. The Morgan fingerprint density at radius 1 is 1.19 bits per heavy atom. The highest BCUT2D eigenvalue weighted by Gasteiger charge is 2.23. The van der Waals surface area contributed by atoms with E-state index in [1.165, 1.54) is 38.3 Å². The van der Waals surface area contributed by atoms with Gasteiger partial charge in [0, 0.05) is 32.0 Å². The number of nitrogens with zero attached hydrogens (tertiary/aromatic N) is 3. The summed E-state index contributed by atoms with van der Waals surface area (Å²) in [5.74, 6) is 1.32. The van der Waals surface area contributed by atoms with Crippen LogP contribution >= 0.6 is 0 Å². The van der Waals surface area contributed by atoms with Crippen LogP contribution in [0, 0.1) is 11.8 Å². The summed E-state index contributed by atoms with van der Waals surface area (Å²) in [7, 11) is 0. The summed E-state index contributed by atoms with van der Waals surface area (Å²) >= 11 is 0. The number of aromatic nitrogens is 2. The average molecular weight is 291 g/mol. The topological polar surface area (TPSA) is 47.4 Å². The van der Waals surface area contributed by atoms with Gasteiger partial charge in [0.2, 0.25) is 0 Å². The molecule has 2 aliphatic rings. The molecule has 2 aliphatic heterocycles. The lowest BCUT2D eigenvalue weighted by atomic mass is 9.94. The molecule has 2 saturated heterocycles. The van der Waals surface area contributed by atoms with E-state index in [1.54, 1.807) is 17.1 Å². The molecule has 21 heavy (non-hydrogen) atoms. The van der Waals surface area contributed by atoms with Crippen LogP contribution in [0.1, 0.15) is 25.7 Å². The van der Waals surface area contributed by atoms with Crippen molar-refractivity contribution in [2.75, 3.05) is 32.8 Å². The first-order valence-corrected chi connectivity index (χ1v) is 8.12. The molecule has 116 valence electrons. The maximum Gasteiger partial charge on any atom is 0.253 e. The Kier molecular flexibility index (Phi) is 5.04. The zero-order valence-electron chi connectivity index (χ0n) is 12.6. The first-order valence-electron chi connectivity index (χ1n) is 8.12. The zero-order chi connectivity index (χ0) is 14.5. The predicted molar refractivity (Wildman–Crippen MR) is 81.2 cm³/mol. The fourth-order valence-electron chi connectivity index (χ4n) is 3.46. The van der Waals surface area contributed by atoms with Crippen LogP contribution < -0.4 is 5.56 Å². The van der Waals surface area contributed by atoms with Crippen molar-refractivity contribution in [3.05, 3.63) is 28.9 Å². The molecular formula is C16H25N3O2. The molecule has 0 bridgehead atoms. The van der Waals surface area contributed by atoms with Crippen LogP contribution in [0.4, 0.5) is 0 Å². The summed E-state index contributed by atoms with van der Waals surface area (Å²) < 4.78 is 7.31. The van der Waals surface area contributed by atoms with Crippen molar-refractivity contribution in [3.8, 4) is 0 Å². The van der Waals surface area contributed by atoms with Crippen molar-refractivity contribution in [2.24, 2.45) is 11.8 Å². The molecule has 5 nitrogen and oxygen atoms in total. The smallest absolute Gasteiger partial charge is 0.253 e. The Balaban J connectivity index is 1.44. The van der Waals surface area contributed by atoms with Gasteiger partial charge in [-0.05, 0) is 50.6 Å². The van der Waals surface area contributed by atoms with Gasteiger partial charge in [-0.1, -0.05) is 0 Å². The number of hydrogen-bond acceptors (Lipinski definition) is 4. The van der Waals surface area contributed by atoms with Crippen LogP contribution in [0.2, 0.25) is 0 Å².